The van der Waals surface area contributed by atoms with Gasteiger partial charge in [0.2, 0.25) is 5.91 Å². The molecule has 27 heavy (non-hydrogen) atoms. The third-order valence-electron chi connectivity index (χ3n) is 4.23. The molecule has 0 aliphatic rings. The molecule has 7 heteroatoms. The van der Waals surface area contributed by atoms with E-state index in [0.717, 1.165) is 21.3 Å². The number of aromatic nitrogens is 2. The van der Waals surface area contributed by atoms with Crippen molar-refractivity contribution in [2.45, 2.75) is 13.0 Å². The second-order valence-corrected chi connectivity index (χ2v) is 7.60. The Labute approximate surface area is 171 Å². The van der Waals surface area contributed by atoms with Crippen molar-refractivity contribution in [3.8, 4) is 11.3 Å². The molecule has 0 bridgehead atoms. The zero-order valence-corrected chi connectivity index (χ0v) is 17.4. The van der Waals surface area contributed by atoms with Gasteiger partial charge in [-0.3, -0.25) is 9.48 Å². The van der Waals surface area contributed by atoms with E-state index >= 15 is 0 Å². The first kappa shape index (κ1) is 19.6. The van der Waals surface area contributed by atoms with Crippen LogP contribution in [-0.2, 0) is 11.8 Å². The minimum atomic E-state index is -0.121. The highest BCUT2D eigenvalue weighted by molar-refractivity contribution is 9.10. The minimum absolute atomic E-state index is 0.0695. The average Bonchev–Trinajstić information content (AvgIpc) is 3.01. The van der Waals surface area contributed by atoms with Crippen molar-refractivity contribution in [1.82, 2.24) is 15.1 Å². The van der Waals surface area contributed by atoms with E-state index in [1.807, 2.05) is 61.5 Å². The van der Waals surface area contributed by atoms with Crippen molar-refractivity contribution >= 4 is 39.3 Å². The van der Waals surface area contributed by atoms with Gasteiger partial charge in [0.1, 0.15) is 5.82 Å². The maximum atomic E-state index is 12.3. The highest BCUT2D eigenvalue weighted by atomic mass is 79.9. The maximum Gasteiger partial charge on any atom is 0.239 e. The van der Waals surface area contributed by atoms with Gasteiger partial charge in [0.05, 0.1) is 12.2 Å². The number of hydrogen-bond acceptors (Lipinski definition) is 3. The maximum absolute atomic E-state index is 12.3. The fourth-order valence-corrected chi connectivity index (χ4v) is 3.04. The molecular weight excluding hydrogens is 428 g/mol. The number of aryl methyl sites for hydroxylation is 1. The zero-order chi connectivity index (χ0) is 19.4. The molecule has 3 aromatic rings. The van der Waals surface area contributed by atoms with Crippen molar-refractivity contribution in [2.75, 3.05) is 11.9 Å². The van der Waals surface area contributed by atoms with Crippen molar-refractivity contribution in [3.05, 3.63) is 69.7 Å². The normalized spacial score (nSPS) is 12.0. The number of benzene rings is 2. The van der Waals surface area contributed by atoms with Gasteiger partial charge in [-0.15, -0.1) is 0 Å². The van der Waals surface area contributed by atoms with Crippen LogP contribution in [0.1, 0.15) is 18.5 Å². The van der Waals surface area contributed by atoms with Crippen LogP contribution < -0.4 is 10.6 Å². The molecule has 5 nitrogen and oxygen atoms in total. The topological polar surface area (TPSA) is 59.0 Å². The van der Waals surface area contributed by atoms with E-state index in [4.69, 9.17) is 11.6 Å². The number of carbonyl (C=O) groups excluding carboxylic acids is 1. The lowest BCUT2D eigenvalue weighted by atomic mass is 10.1. The first-order chi connectivity index (χ1) is 12.9. The van der Waals surface area contributed by atoms with Crippen LogP contribution in [0, 0.1) is 0 Å². The van der Waals surface area contributed by atoms with Crippen LogP contribution in [0.25, 0.3) is 11.3 Å². The fourth-order valence-electron chi connectivity index (χ4n) is 2.65. The average molecular weight is 448 g/mol. The fraction of sp³-hybridized carbons (Fsp3) is 0.200. The number of nitrogens with zero attached hydrogens (tertiary/aromatic N) is 2. The molecule has 0 aliphatic heterocycles. The molecule has 0 spiro atoms. The lowest BCUT2D eigenvalue weighted by molar-refractivity contribution is -0.115. The molecule has 0 aliphatic carbocycles. The van der Waals surface area contributed by atoms with Gasteiger partial charge in [0, 0.05) is 34.2 Å². The third-order valence-corrected chi connectivity index (χ3v) is 5.01. The van der Waals surface area contributed by atoms with Gasteiger partial charge < -0.3 is 10.6 Å². The van der Waals surface area contributed by atoms with Crippen molar-refractivity contribution in [2.24, 2.45) is 7.05 Å². The Morgan fingerprint density at radius 3 is 2.52 bits per heavy atom. The summed E-state index contributed by atoms with van der Waals surface area (Å²) in [6.45, 7) is 2.23. The van der Waals surface area contributed by atoms with E-state index in [1.54, 1.807) is 11.7 Å². The van der Waals surface area contributed by atoms with Crippen LogP contribution in [-0.4, -0.2) is 22.2 Å². The lowest BCUT2D eigenvalue weighted by Gasteiger charge is -2.14. The summed E-state index contributed by atoms with van der Waals surface area (Å²) in [4.78, 5) is 12.3. The molecule has 1 amide bonds. The second-order valence-electron chi connectivity index (χ2n) is 6.25. The van der Waals surface area contributed by atoms with Crippen LogP contribution in [0.4, 0.5) is 5.82 Å². The van der Waals surface area contributed by atoms with Gasteiger partial charge in [-0.2, -0.15) is 5.10 Å². The first-order valence-corrected chi connectivity index (χ1v) is 9.68. The van der Waals surface area contributed by atoms with Crippen molar-refractivity contribution < 1.29 is 4.79 Å². The number of halogens is 2. The SMILES string of the molecule is C[C@H](NCC(=O)Nc1cc(-c2ccc(Cl)cc2)nn1C)c1ccc(Br)cc1. The van der Waals surface area contributed by atoms with Gasteiger partial charge in [-0.25, -0.2) is 0 Å². The molecular formula is C20H20BrClN4O. The smallest absolute Gasteiger partial charge is 0.239 e. The van der Waals surface area contributed by atoms with Crippen LogP contribution in [0.3, 0.4) is 0 Å². The molecule has 0 saturated heterocycles. The Kier molecular flexibility index (Phi) is 6.31. The number of carbonyl (C=O) groups is 1. The Balaban J connectivity index is 1.59. The van der Waals surface area contributed by atoms with E-state index in [-0.39, 0.29) is 18.5 Å². The van der Waals surface area contributed by atoms with Crippen molar-refractivity contribution in [1.29, 1.82) is 0 Å². The molecule has 1 aromatic heterocycles. The molecule has 0 fully saturated rings. The quantitative estimate of drug-likeness (QED) is 0.571. The summed E-state index contributed by atoms with van der Waals surface area (Å²) in [5.74, 6) is 0.521. The predicted molar refractivity (Wildman–Crippen MR) is 113 cm³/mol. The summed E-state index contributed by atoms with van der Waals surface area (Å²) in [7, 11) is 1.80. The summed E-state index contributed by atoms with van der Waals surface area (Å²) >= 11 is 9.35. The van der Waals surface area contributed by atoms with Gasteiger partial charge >= 0.3 is 0 Å². The van der Waals surface area contributed by atoms with E-state index in [0.29, 0.717) is 10.8 Å². The Morgan fingerprint density at radius 2 is 1.85 bits per heavy atom. The van der Waals surface area contributed by atoms with E-state index < -0.39 is 0 Å². The number of hydrogen-bond donors (Lipinski definition) is 2. The summed E-state index contributed by atoms with van der Waals surface area (Å²) in [6.07, 6.45) is 0. The zero-order valence-electron chi connectivity index (χ0n) is 15.0. The van der Waals surface area contributed by atoms with Gasteiger partial charge in [-0.05, 0) is 36.8 Å². The highest BCUT2D eigenvalue weighted by Gasteiger charge is 2.12. The van der Waals surface area contributed by atoms with Crippen LogP contribution in [0.2, 0.25) is 5.02 Å². The third kappa shape index (κ3) is 5.19. The second kappa shape index (κ2) is 8.69. The summed E-state index contributed by atoms with van der Waals surface area (Å²) < 4.78 is 2.68. The molecule has 0 unspecified atom stereocenters. The van der Waals surface area contributed by atoms with Gasteiger partial charge in [0.25, 0.3) is 0 Å². The van der Waals surface area contributed by atoms with Crippen LogP contribution in [0.15, 0.2) is 59.1 Å². The van der Waals surface area contributed by atoms with Crippen molar-refractivity contribution in [3.63, 3.8) is 0 Å². The Hall–Kier alpha value is -2.15. The van der Waals surface area contributed by atoms with Crippen LogP contribution >= 0.6 is 27.5 Å². The monoisotopic (exact) mass is 446 g/mol. The Morgan fingerprint density at radius 1 is 1.19 bits per heavy atom. The molecule has 0 saturated carbocycles. The van der Waals surface area contributed by atoms with Gasteiger partial charge in [0.15, 0.2) is 0 Å². The lowest BCUT2D eigenvalue weighted by Crippen LogP contribution is -2.30. The number of rotatable bonds is 6. The summed E-state index contributed by atoms with van der Waals surface area (Å²) in [5.41, 5.74) is 2.84. The molecule has 1 heterocycles. The van der Waals surface area contributed by atoms with E-state index in [9.17, 15) is 4.79 Å². The standard InChI is InChI=1S/C20H20BrClN4O/c1-13(14-3-7-16(21)8-4-14)23-12-20(27)24-19-11-18(25-26(19)2)15-5-9-17(22)10-6-15/h3-11,13,23H,12H2,1-2H3,(H,24,27)/t13-/m0/s1. The van der Waals surface area contributed by atoms with Gasteiger partial charge in [-0.1, -0.05) is 51.8 Å². The number of nitrogens with one attached hydrogen (secondary N) is 2. The molecule has 3 rings (SSSR count). The Bertz CT molecular complexity index is 922. The highest BCUT2D eigenvalue weighted by Crippen LogP contribution is 2.23. The summed E-state index contributed by atoms with van der Waals surface area (Å²) in [5, 5.41) is 11.2. The molecule has 0 radical (unpaired) electrons. The minimum Gasteiger partial charge on any atom is -0.310 e. The summed E-state index contributed by atoms with van der Waals surface area (Å²) in [6, 6.07) is 17.4. The largest absolute Gasteiger partial charge is 0.310 e. The first-order valence-electron chi connectivity index (χ1n) is 8.51. The van der Waals surface area contributed by atoms with E-state index in [1.165, 1.54) is 0 Å². The molecule has 2 N–H and O–H groups in total. The van der Waals surface area contributed by atoms with E-state index in [2.05, 4.69) is 31.7 Å². The van der Waals surface area contributed by atoms with Crippen LogP contribution in [0.5, 0.6) is 0 Å². The molecule has 2 aromatic carbocycles. The molecule has 140 valence electrons. The number of anilines is 1. The number of amides is 1. The predicted octanol–water partition coefficient (Wildman–Crippen LogP) is 4.79. The molecule has 1 atom stereocenters.